The number of rotatable bonds is 4. The lowest BCUT2D eigenvalue weighted by atomic mass is 10.1. The third kappa shape index (κ3) is 2.78. The average Bonchev–Trinajstić information content (AvgIpc) is 2.98. The molecule has 4 rings (SSSR count). The van der Waals surface area contributed by atoms with Crippen molar-refractivity contribution in [3.8, 4) is 5.75 Å². The van der Waals surface area contributed by atoms with Crippen LogP contribution < -0.4 is 15.6 Å². The highest BCUT2D eigenvalue weighted by atomic mass is 32.2. The molecule has 9 heteroatoms. The number of carbonyl (C=O) groups excluding carboxylic acids is 2. The molecule has 0 aliphatic carbocycles. The summed E-state index contributed by atoms with van der Waals surface area (Å²) < 4.78 is 25.4. The molecule has 0 bridgehead atoms. The maximum Gasteiger partial charge on any atom is 0.269 e. The molecule has 3 aromatic rings. The SMILES string of the molecule is O=C(NNS(=O)(=O)c1ccc2c3c(cccc13)C(=O)N2)c1ccccc1O. The zero-order valence-corrected chi connectivity index (χ0v) is 14.5. The average molecular weight is 383 g/mol. The third-order valence-corrected chi connectivity index (χ3v) is 5.54. The van der Waals surface area contributed by atoms with Gasteiger partial charge in [0.15, 0.2) is 0 Å². The van der Waals surface area contributed by atoms with Crippen LogP contribution in [0.25, 0.3) is 10.8 Å². The first kappa shape index (κ1) is 17.0. The number of nitrogens with one attached hydrogen (secondary N) is 3. The molecule has 8 nitrogen and oxygen atoms in total. The van der Waals surface area contributed by atoms with Crippen molar-refractivity contribution in [2.45, 2.75) is 4.90 Å². The molecule has 2 amide bonds. The molecule has 4 N–H and O–H groups in total. The molecule has 0 radical (unpaired) electrons. The summed E-state index contributed by atoms with van der Waals surface area (Å²) in [5, 5.41) is 13.2. The predicted molar refractivity (Wildman–Crippen MR) is 97.8 cm³/mol. The molecule has 0 spiro atoms. The van der Waals surface area contributed by atoms with E-state index in [0.717, 1.165) is 0 Å². The maximum atomic E-state index is 12.7. The summed E-state index contributed by atoms with van der Waals surface area (Å²) in [5.41, 5.74) is 2.92. The van der Waals surface area contributed by atoms with Gasteiger partial charge in [-0.1, -0.05) is 24.3 Å². The fraction of sp³-hybridized carbons (Fsp3) is 0. The number of anilines is 1. The van der Waals surface area contributed by atoms with Gasteiger partial charge in [-0.25, -0.2) is 8.42 Å². The molecule has 0 aromatic heterocycles. The summed E-state index contributed by atoms with van der Waals surface area (Å²) >= 11 is 0. The van der Waals surface area contributed by atoms with Crippen LogP contribution in [-0.4, -0.2) is 25.3 Å². The van der Waals surface area contributed by atoms with Crippen LogP contribution in [-0.2, 0) is 10.0 Å². The van der Waals surface area contributed by atoms with Gasteiger partial charge >= 0.3 is 0 Å². The van der Waals surface area contributed by atoms with Crippen LogP contribution in [0.1, 0.15) is 20.7 Å². The van der Waals surface area contributed by atoms with Crippen LogP contribution >= 0.6 is 0 Å². The molecule has 136 valence electrons. The van der Waals surface area contributed by atoms with Gasteiger partial charge in [-0.15, -0.1) is 4.83 Å². The molecule has 0 saturated heterocycles. The van der Waals surface area contributed by atoms with Crippen molar-refractivity contribution in [2.75, 3.05) is 5.32 Å². The Hall–Kier alpha value is -3.43. The number of para-hydroxylation sites is 1. The smallest absolute Gasteiger partial charge is 0.269 e. The number of carbonyl (C=O) groups is 2. The highest BCUT2D eigenvalue weighted by molar-refractivity contribution is 7.89. The first-order valence-electron chi connectivity index (χ1n) is 7.86. The highest BCUT2D eigenvalue weighted by Crippen LogP contribution is 2.36. The van der Waals surface area contributed by atoms with Gasteiger partial charge in [0.25, 0.3) is 21.8 Å². The zero-order chi connectivity index (χ0) is 19.2. The Labute approximate surface area is 153 Å². The van der Waals surface area contributed by atoms with Crippen LogP contribution in [0.2, 0.25) is 0 Å². The van der Waals surface area contributed by atoms with Gasteiger partial charge in [0.1, 0.15) is 5.75 Å². The van der Waals surface area contributed by atoms with Gasteiger partial charge in [0.05, 0.1) is 10.5 Å². The number of phenols is 1. The Balaban J connectivity index is 1.68. The van der Waals surface area contributed by atoms with E-state index in [1.165, 1.54) is 30.3 Å². The predicted octanol–water partition coefficient (Wildman–Crippen LogP) is 1.73. The van der Waals surface area contributed by atoms with E-state index >= 15 is 0 Å². The van der Waals surface area contributed by atoms with E-state index in [2.05, 4.69) is 10.7 Å². The normalized spacial score (nSPS) is 12.8. The van der Waals surface area contributed by atoms with Gasteiger partial charge in [0, 0.05) is 22.0 Å². The summed E-state index contributed by atoms with van der Waals surface area (Å²) in [6.45, 7) is 0. The van der Waals surface area contributed by atoms with Crippen molar-refractivity contribution in [3.63, 3.8) is 0 Å². The minimum atomic E-state index is -4.13. The van der Waals surface area contributed by atoms with E-state index in [1.807, 2.05) is 4.83 Å². The second-order valence-corrected chi connectivity index (χ2v) is 7.52. The van der Waals surface area contributed by atoms with E-state index in [4.69, 9.17) is 0 Å². The van der Waals surface area contributed by atoms with Crippen LogP contribution in [0.4, 0.5) is 5.69 Å². The van der Waals surface area contributed by atoms with Crippen LogP contribution in [0, 0.1) is 0 Å². The molecule has 0 unspecified atom stereocenters. The van der Waals surface area contributed by atoms with Crippen molar-refractivity contribution in [1.82, 2.24) is 10.3 Å². The second kappa shape index (κ2) is 6.08. The number of amides is 2. The number of phenolic OH excluding ortho intramolecular Hbond substituents is 1. The van der Waals surface area contributed by atoms with E-state index in [-0.39, 0.29) is 22.1 Å². The van der Waals surface area contributed by atoms with Gasteiger partial charge in [-0.05, 0) is 30.3 Å². The second-order valence-electron chi connectivity index (χ2n) is 5.87. The van der Waals surface area contributed by atoms with Crippen LogP contribution in [0.3, 0.4) is 0 Å². The fourth-order valence-corrected chi connectivity index (χ4v) is 4.04. The van der Waals surface area contributed by atoms with Crippen molar-refractivity contribution in [2.24, 2.45) is 0 Å². The van der Waals surface area contributed by atoms with E-state index in [1.54, 1.807) is 24.3 Å². The number of aromatic hydroxyl groups is 1. The van der Waals surface area contributed by atoms with E-state index in [0.29, 0.717) is 22.0 Å². The highest BCUT2D eigenvalue weighted by Gasteiger charge is 2.26. The Morgan fingerprint density at radius 3 is 2.56 bits per heavy atom. The van der Waals surface area contributed by atoms with Crippen molar-refractivity contribution in [1.29, 1.82) is 0 Å². The molecule has 0 atom stereocenters. The lowest BCUT2D eigenvalue weighted by Crippen LogP contribution is -2.41. The van der Waals surface area contributed by atoms with Crippen LogP contribution in [0.15, 0.2) is 59.5 Å². The Morgan fingerprint density at radius 2 is 1.78 bits per heavy atom. The van der Waals surface area contributed by atoms with Crippen molar-refractivity contribution >= 4 is 38.3 Å². The standard InChI is InChI=1S/C18H13N3O5S/c22-14-7-2-1-4-10(14)18(24)20-21-27(25,26)15-9-8-13-16-11(15)5-3-6-12(16)17(23)19-13/h1-9,21-22H,(H,19,23)(H,20,24). The molecule has 1 aliphatic rings. The lowest BCUT2D eigenvalue weighted by molar-refractivity contribution is 0.0941. The summed E-state index contributed by atoms with van der Waals surface area (Å²) in [6, 6.07) is 13.4. The van der Waals surface area contributed by atoms with E-state index < -0.39 is 15.9 Å². The Bertz CT molecular complexity index is 1220. The number of hydrogen-bond donors (Lipinski definition) is 4. The topological polar surface area (TPSA) is 125 Å². The fourth-order valence-electron chi connectivity index (χ4n) is 3.00. The molecule has 3 aromatic carbocycles. The maximum absolute atomic E-state index is 12.7. The molecule has 0 saturated carbocycles. The van der Waals surface area contributed by atoms with Crippen LogP contribution in [0.5, 0.6) is 5.75 Å². The molecule has 27 heavy (non-hydrogen) atoms. The largest absolute Gasteiger partial charge is 0.507 e. The van der Waals surface area contributed by atoms with Crippen molar-refractivity contribution < 1.29 is 23.1 Å². The first-order chi connectivity index (χ1) is 12.9. The summed E-state index contributed by atoms with van der Waals surface area (Å²) in [4.78, 5) is 26.0. The number of sulfonamides is 1. The minimum absolute atomic E-state index is 0.0737. The Morgan fingerprint density at radius 1 is 1.00 bits per heavy atom. The van der Waals surface area contributed by atoms with E-state index in [9.17, 15) is 23.1 Å². The molecular formula is C18H13N3O5S. The zero-order valence-electron chi connectivity index (χ0n) is 13.7. The number of benzene rings is 3. The lowest BCUT2D eigenvalue weighted by Gasteiger charge is -2.12. The number of hydrogen-bond acceptors (Lipinski definition) is 5. The quantitative estimate of drug-likeness (QED) is 0.511. The first-order valence-corrected chi connectivity index (χ1v) is 9.34. The minimum Gasteiger partial charge on any atom is -0.507 e. The molecule has 1 heterocycles. The third-order valence-electron chi connectivity index (χ3n) is 4.23. The Kier molecular flexibility index (Phi) is 3.83. The molecule has 1 aliphatic heterocycles. The summed E-state index contributed by atoms with van der Waals surface area (Å²) in [6.07, 6.45) is 0. The molecular weight excluding hydrogens is 370 g/mol. The van der Waals surface area contributed by atoms with Gasteiger partial charge in [-0.2, -0.15) is 0 Å². The van der Waals surface area contributed by atoms with Gasteiger partial charge in [0.2, 0.25) is 0 Å². The number of hydrazine groups is 1. The van der Waals surface area contributed by atoms with Gasteiger partial charge in [-0.3, -0.25) is 15.0 Å². The van der Waals surface area contributed by atoms with Crippen molar-refractivity contribution in [3.05, 3.63) is 65.7 Å². The summed E-state index contributed by atoms with van der Waals surface area (Å²) in [7, 11) is -4.13. The molecule has 0 fully saturated rings. The summed E-state index contributed by atoms with van der Waals surface area (Å²) in [5.74, 6) is -1.38. The van der Waals surface area contributed by atoms with Gasteiger partial charge < -0.3 is 10.4 Å². The monoisotopic (exact) mass is 383 g/mol.